The summed E-state index contributed by atoms with van der Waals surface area (Å²) in [6.45, 7) is 3.35. The lowest BCUT2D eigenvalue weighted by Crippen LogP contribution is -2.27. The molecule has 1 nitrogen and oxygen atoms in total. The van der Waals surface area contributed by atoms with Crippen LogP contribution in [0.5, 0.6) is 0 Å². The van der Waals surface area contributed by atoms with E-state index in [4.69, 9.17) is 0 Å². The molecule has 2 aromatic carbocycles. The fraction of sp³-hybridized carbons (Fsp3) is 0.286. The zero-order chi connectivity index (χ0) is 10.3. The van der Waals surface area contributed by atoms with Crippen molar-refractivity contribution in [3.8, 4) is 0 Å². The molecule has 76 valence electrons. The van der Waals surface area contributed by atoms with Crippen LogP contribution in [0.15, 0.2) is 36.4 Å². The molecule has 3 rings (SSSR count). The second-order valence-corrected chi connectivity index (χ2v) is 4.32. The molecule has 0 spiro atoms. The first kappa shape index (κ1) is 8.93. The van der Waals surface area contributed by atoms with Crippen LogP contribution < -0.4 is 5.32 Å². The molecule has 0 bridgehead atoms. The van der Waals surface area contributed by atoms with Crippen LogP contribution in [0.2, 0.25) is 0 Å². The van der Waals surface area contributed by atoms with Crippen LogP contribution >= 0.6 is 0 Å². The molecule has 1 heteroatoms. The molecule has 1 aliphatic heterocycles. The van der Waals surface area contributed by atoms with Gasteiger partial charge in [0.25, 0.3) is 0 Å². The monoisotopic (exact) mass is 197 g/mol. The first-order chi connectivity index (χ1) is 7.34. The van der Waals surface area contributed by atoms with E-state index in [-0.39, 0.29) is 0 Å². The SMILES string of the molecule is C[C@H]1NCCc2cc3ccccc3cc21. The first-order valence-electron chi connectivity index (χ1n) is 5.59. The van der Waals surface area contributed by atoms with E-state index < -0.39 is 0 Å². The third-order valence-electron chi connectivity index (χ3n) is 3.32. The highest BCUT2D eigenvalue weighted by Gasteiger charge is 2.15. The molecule has 0 saturated carbocycles. The van der Waals surface area contributed by atoms with Gasteiger partial charge in [-0.2, -0.15) is 0 Å². The average Bonchev–Trinajstić information content (AvgIpc) is 2.27. The Balaban J connectivity index is 2.27. The van der Waals surface area contributed by atoms with Crippen molar-refractivity contribution in [1.82, 2.24) is 5.32 Å². The van der Waals surface area contributed by atoms with Gasteiger partial charge in [0.05, 0.1) is 0 Å². The van der Waals surface area contributed by atoms with Crippen molar-refractivity contribution in [1.29, 1.82) is 0 Å². The minimum atomic E-state index is 0.498. The summed E-state index contributed by atoms with van der Waals surface area (Å²) in [6, 6.07) is 13.8. The average molecular weight is 197 g/mol. The minimum absolute atomic E-state index is 0.498. The molecule has 1 aliphatic rings. The largest absolute Gasteiger partial charge is 0.310 e. The minimum Gasteiger partial charge on any atom is -0.310 e. The Morgan fingerprint density at radius 2 is 1.87 bits per heavy atom. The number of hydrogen-bond acceptors (Lipinski definition) is 1. The molecule has 0 aromatic heterocycles. The Kier molecular flexibility index (Phi) is 2.00. The van der Waals surface area contributed by atoms with Gasteiger partial charge in [0.15, 0.2) is 0 Å². The molecule has 0 unspecified atom stereocenters. The van der Waals surface area contributed by atoms with Crippen LogP contribution in [0.1, 0.15) is 24.1 Å². The fourth-order valence-electron chi connectivity index (χ4n) is 2.46. The summed E-state index contributed by atoms with van der Waals surface area (Å²) >= 11 is 0. The predicted molar refractivity (Wildman–Crippen MR) is 64.1 cm³/mol. The summed E-state index contributed by atoms with van der Waals surface area (Å²) in [5.41, 5.74) is 2.99. The lowest BCUT2D eigenvalue weighted by molar-refractivity contribution is 0.542. The van der Waals surface area contributed by atoms with Crippen LogP contribution in [0, 0.1) is 0 Å². The van der Waals surface area contributed by atoms with Crippen molar-refractivity contribution in [3.63, 3.8) is 0 Å². The van der Waals surface area contributed by atoms with Gasteiger partial charge in [0.2, 0.25) is 0 Å². The molecule has 0 saturated heterocycles. The van der Waals surface area contributed by atoms with E-state index in [0.29, 0.717) is 6.04 Å². The Morgan fingerprint density at radius 1 is 1.13 bits per heavy atom. The number of hydrogen-bond donors (Lipinski definition) is 1. The van der Waals surface area contributed by atoms with Gasteiger partial charge >= 0.3 is 0 Å². The lowest BCUT2D eigenvalue weighted by atomic mass is 9.92. The van der Waals surface area contributed by atoms with Gasteiger partial charge in [-0.1, -0.05) is 30.3 Å². The van der Waals surface area contributed by atoms with Crippen LogP contribution in [0.4, 0.5) is 0 Å². The third-order valence-corrected chi connectivity index (χ3v) is 3.32. The number of fused-ring (bicyclic) bond motifs is 2. The van der Waals surface area contributed by atoms with Crippen molar-refractivity contribution in [2.24, 2.45) is 0 Å². The standard InChI is InChI=1S/C14H15N/c1-10-14-9-12-5-3-2-4-11(12)8-13(14)6-7-15-10/h2-5,8-10,15H,6-7H2,1H3/t10-/m1/s1. The maximum Gasteiger partial charge on any atom is 0.0294 e. The molecule has 1 heterocycles. The van der Waals surface area contributed by atoms with Crippen molar-refractivity contribution < 1.29 is 0 Å². The van der Waals surface area contributed by atoms with E-state index in [9.17, 15) is 0 Å². The molecule has 1 N–H and O–H groups in total. The van der Waals surface area contributed by atoms with Crippen LogP contribution in [-0.2, 0) is 6.42 Å². The van der Waals surface area contributed by atoms with Gasteiger partial charge in [-0.05, 0) is 47.9 Å². The zero-order valence-electron chi connectivity index (χ0n) is 8.96. The summed E-state index contributed by atoms with van der Waals surface area (Å²) < 4.78 is 0. The normalized spacial score (nSPS) is 20.2. The van der Waals surface area contributed by atoms with Crippen molar-refractivity contribution >= 4 is 10.8 Å². The zero-order valence-corrected chi connectivity index (χ0v) is 8.96. The number of rotatable bonds is 0. The Bertz CT molecular complexity index is 502. The maximum atomic E-state index is 3.50. The quantitative estimate of drug-likeness (QED) is 0.684. The van der Waals surface area contributed by atoms with Crippen molar-refractivity contribution in [3.05, 3.63) is 47.5 Å². The van der Waals surface area contributed by atoms with Gasteiger partial charge < -0.3 is 5.32 Å². The first-order valence-corrected chi connectivity index (χ1v) is 5.59. The van der Waals surface area contributed by atoms with E-state index in [1.807, 2.05) is 0 Å². The molecular weight excluding hydrogens is 182 g/mol. The summed E-state index contributed by atoms with van der Waals surface area (Å²) in [6.07, 6.45) is 1.16. The van der Waals surface area contributed by atoms with E-state index in [2.05, 4.69) is 48.6 Å². The molecule has 0 amide bonds. The van der Waals surface area contributed by atoms with Gasteiger partial charge in [-0.3, -0.25) is 0 Å². The smallest absolute Gasteiger partial charge is 0.0294 e. The second kappa shape index (κ2) is 3.35. The van der Waals surface area contributed by atoms with Gasteiger partial charge in [0, 0.05) is 6.04 Å². The third kappa shape index (κ3) is 1.44. The highest BCUT2D eigenvalue weighted by molar-refractivity contribution is 5.84. The summed E-state index contributed by atoms with van der Waals surface area (Å²) in [7, 11) is 0. The summed E-state index contributed by atoms with van der Waals surface area (Å²) in [5.74, 6) is 0. The predicted octanol–water partition coefficient (Wildman–Crippen LogP) is 3.05. The molecule has 0 fully saturated rings. The Labute approximate surface area is 90.1 Å². The number of benzene rings is 2. The summed E-state index contributed by atoms with van der Waals surface area (Å²) in [5, 5.41) is 6.22. The molecule has 1 atom stereocenters. The van der Waals surface area contributed by atoms with Crippen molar-refractivity contribution in [2.45, 2.75) is 19.4 Å². The van der Waals surface area contributed by atoms with E-state index in [1.54, 1.807) is 0 Å². The van der Waals surface area contributed by atoms with Gasteiger partial charge in [0.1, 0.15) is 0 Å². The Hall–Kier alpha value is -1.34. The topological polar surface area (TPSA) is 12.0 Å². The molecule has 2 aromatic rings. The number of nitrogens with one attached hydrogen (secondary N) is 1. The Morgan fingerprint density at radius 3 is 2.67 bits per heavy atom. The molecule has 15 heavy (non-hydrogen) atoms. The van der Waals surface area contributed by atoms with Crippen molar-refractivity contribution in [2.75, 3.05) is 6.54 Å². The lowest BCUT2D eigenvalue weighted by Gasteiger charge is -2.24. The van der Waals surface area contributed by atoms with E-state index in [1.165, 1.54) is 21.9 Å². The van der Waals surface area contributed by atoms with Gasteiger partial charge in [-0.15, -0.1) is 0 Å². The van der Waals surface area contributed by atoms with Crippen LogP contribution in [0.3, 0.4) is 0 Å². The molecule has 0 radical (unpaired) electrons. The van der Waals surface area contributed by atoms with E-state index >= 15 is 0 Å². The maximum absolute atomic E-state index is 3.50. The second-order valence-electron chi connectivity index (χ2n) is 4.32. The van der Waals surface area contributed by atoms with Crippen LogP contribution in [0.25, 0.3) is 10.8 Å². The van der Waals surface area contributed by atoms with E-state index in [0.717, 1.165) is 13.0 Å². The summed E-state index contributed by atoms with van der Waals surface area (Å²) in [4.78, 5) is 0. The molecule has 0 aliphatic carbocycles. The molecular formula is C14H15N. The highest BCUT2D eigenvalue weighted by atomic mass is 14.9. The van der Waals surface area contributed by atoms with Crippen LogP contribution in [-0.4, -0.2) is 6.54 Å². The highest BCUT2D eigenvalue weighted by Crippen LogP contribution is 2.27. The van der Waals surface area contributed by atoms with Gasteiger partial charge in [-0.25, -0.2) is 0 Å². The fourth-order valence-corrected chi connectivity index (χ4v) is 2.46.